The largest absolute Gasteiger partial charge is 0.489 e. The smallest absolute Gasteiger partial charge is 0.296 e. The number of benzene rings is 2. The third-order valence-corrected chi connectivity index (χ3v) is 10.0. The summed E-state index contributed by atoms with van der Waals surface area (Å²) in [5.41, 5.74) is 2.07. The Bertz CT molecular complexity index is 1600. The maximum absolute atomic E-state index is 13.2. The zero-order valence-electron chi connectivity index (χ0n) is 25.9. The number of hydrogen-bond donors (Lipinski definition) is 1. The Kier molecular flexibility index (Phi) is 10.4. The number of nitrogens with one attached hydrogen (secondary N) is 1. The Morgan fingerprint density at radius 1 is 1.00 bits per heavy atom. The number of pyridine rings is 1. The normalized spacial score (nSPS) is 18.6. The number of amides is 1. The van der Waals surface area contributed by atoms with Crippen molar-refractivity contribution in [3.8, 4) is 11.8 Å². The van der Waals surface area contributed by atoms with E-state index in [2.05, 4.69) is 44.1 Å². The molecule has 0 bridgehead atoms. The van der Waals surface area contributed by atoms with Gasteiger partial charge in [-0.1, -0.05) is 69.8 Å². The molecule has 1 aromatic heterocycles. The Morgan fingerprint density at radius 2 is 1.68 bits per heavy atom. The summed E-state index contributed by atoms with van der Waals surface area (Å²) >= 11 is 6.19. The van der Waals surface area contributed by atoms with Crippen LogP contribution in [0.25, 0.3) is 0 Å². The molecule has 8 nitrogen and oxygen atoms in total. The van der Waals surface area contributed by atoms with Crippen molar-refractivity contribution in [1.29, 1.82) is 5.26 Å². The van der Waals surface area contributed by atoms with Crippen LogP contribution in [0.3, 0.4) is 0 Å². The van der Waals surface area contributed by atoms with Crippen LogP contribution in [0.15, 0.2) is 65.7 Å². The first-order valence-corrected chi connectivity index (χ1v) is 16.6. The minimum Gasteiger partial charge on any atom is -0.489 e. The standard InChI is InChI=1S/C34H40ClN3O5S/c1-23-11-17-28(18-12-23)44(40,41)42-19-9-7-6-8-10-26-15-13-25(22-37-26)30(39)38-31-33(2,3)32(34(31,4)5)43-27-16-14-24(21-36)29(35)20-27/h11-18,20,22,31-32H,6-10,19H2,1-5H3,(H,38,39). The fourth-order valence-corrected chi connectivity index (χ4v) is 7.38. The van der Waals surface area contributed by atoms with E-state index in [1.807, 2.05) is 13.0 Å². The van der Waals surface area contributed by atoms with Gasteiger partial charge in [-0.2, -0.15) is 13.7 Å². The topological polar surface area (TPSA) is 118 Å². The quantitative estimate of drug-likeness (QED) is 0.158. The lowest BCUT2D eigenvalue weighted by molar-refractivity contribution is -0.164. The molecule has 4 rings (SSSR count). The maximum atomic E-state index is 13.2. The van der Waals surface area contributed by atoms with Gasteiger partial charge in [0.25, 0.3) is 16.0 Å². The fourth-order valence-electron chi connectivity index (χ4n) is 6.22. The molecule has 1 aliphatic carbocycles. The highest BCUT2D eigenvalue weighted by Gasteiger charge is 2.64. The molecule has 44 heavy (non-hydrogen) atoms. The number of nitrogens with zero attached hydrogens (tertiary/aromatic N) is 2. The van der Waals surface area contributed by atoms with E-state index in [0.717, 1.165) is 36.9 Å². The van der Waals surface area contributed by atoms with E-state index >= 15 is 0 Å². The number of hydrogen-bond acceptors (Lipinski definition) is 7. The van der Waals surface area contributed by atoms with Crippen molar-refractivity contribution in [3.63, 3.8) is 0 Å². The number of aromatic nitrogens is 1. The second-order valence-electron chi connectivity index (χ2n) is 12.6. The van der Waals surface area contributed by atoms with Crippen LogP contribution in [-0.4, -0.2) is 38.1 Å². The summed E-state index contributed by atoms with van der Waals surface area (Å²) in [6, 6.07) is 17.2. The van der Waals surface area contributed by atoms with Crippen LogP contribution in [0.2, 0.25) is 5.02 Å². The molecule has 0 atom stereocenters. The summed E-state index contributed by atoms with van der Waals surface area (Å²) in [4.78, 5) is 17.8. The zero-order valence-corrected chi connectivity index (χ0v) is 27.5. The van der Waals surface area contributed by atoms with E-state index in [0.29, 0.717) is 28.3 Å². The minimum absolute atomic E-state index is 0.142. The van der Waals surface area contributed by atoms with Gasteiger partial charge in [0.05, 0.1) is 27.7 Å². The van der Waals surface area contributed by atoms with Crippen LogP contribution in [0.4, 0.5) is 0 Å². The Hall–Kier alpha value is -3.45. The Labute approximate surface area is 265 Å². The maximum Gasteiger partial charge on any atom is 0.296 e. The zero-order chi connectivity index (χ0) is 32.1. The summed E-state index contributed by atoms with van der Waals surface area (Å²) in [5, 5.41) is 12.7. The summed E-state index contributed by atoms with van der Waals surface area (Å²) in [7, 11) is -3.72. The van der Waals surface area contributed by atoms with E-state index in [1.165, 1.54) is 0 Å². The van der Waals surface area contributed by atoms with Gasteiger partial charge in [0.2, 0.25) is 0 Å². The number of rotatable bonds is 13. The van der Waals surface area contributed by atoms with Crippen molar-refractivity contribution in [1.82, 2.24) is 10.3 Å². The molecule has 2 aromatic carbocycles. The lowest BCUT2D eigenvalue weighted by Crippen LogP contribution is -2.74. The van der Waals surface area contributed by atoms with Gasteiger partial charge < -0.3 is 10.1 Å². The molecule has 234 valence electrons. The minimum atomic E-state index is -3.72. The molecule has 1 aliphatic rings. The number of carbonyl (C=O) groups is 1. The van der Waals surface area contributed by atoms with Crippen LogP contribution >= 0.6 is 11.6 Å². The molecule has 0 saturated heterocycles. The first kappa shape index (κ1) is 33.4. The second kappa shape index (κ2) is 13.7. The van der Waals surface area contributed by atoms with Gasteiger partial charge in [-0.15, -0.1) is 0 Å². The SMILES string of the molecule is Cc1ccc(S(=O)(=O)OCCCCCCc2ccc(C(=O)NC3C(C)(C)C(Oc4ccc(C#N)c(Cl)c4)C3(C)C)cn2)cc1. The number of carbonyl (C=O) groups excluding carboxylic acids is 1. The Morgan fingerprint density at radius 3 is 2.30 bits per heavy atom. The summed E-state index contributed by atoms with van der Waals surface area (Å²) in [6.45, 7) is 10.3. The number of nitriles is 1. The van der Waals surface area contributed by atoms with Crippen LogP contribution < -0.4 is 10.1 Å². The van der Waals surface area contributed by atoms with Gasteiger partial charge in [0.1, 0.15) is 17.9 Å². The molecule has 1 N–H and O–H groups in total. The van der Waals surface area contributed by atoms with E-state index in [1.54, 1.807) is 54.7 Å². The van der Waals surface area contributed by atoms with Crippen LogP contribution in [0, 0.1) is 29.1 Å². The highest BCUT2D eigenvalue weighted by atomic mass is 35.5. The van der Waals surface area contributed by atoms with Crippen LogP contribution in [0.5, 0.6) is 5.75 Å². The van der Waals surface area contributed by atoms with Crippen molar-refractivity contribution in [2.75, 3.05) is 6.61 Å². The van der Waals surface area contributed by atoms with Crippen molar-refractivity contribution in [2.45, 2.75) is 83.8 Å². The predicted molar refractivity (Wildman–Crippen MR) is 170 cm³/mol. The first-order chi connectivity index (χ1) is 20.8. The molecule has 1 heterocycles. The molecule has 0 spiro atoms. The molecule has 0 aliphatic heterocycles. The molecule has 10 heteroatoms. The molecular weight excluding hydrogens is 598 g/mol. The highest BCUT2D eigenvalue weighted by Crippen LogP contribution is 2.55. The molecule has 0 radical (unpaired) electrons. The number of ether oxygens (including phenoxy) is 1. The summed E-state index contributed by atoms with van der Waals surface area (Å²) < 4.78 is 36.0. The van der Waals surface area contributed by atoms with Crippen LogP contribution in [-0.2, 0) is 20.7 Å². The highest BCUT2D eigenvalue weighted by molar-refractivity contribution is 7.86. The van der Waals surface area contributed by atoms with E-state index in [-0.39, 0.29) is 40.4 Å². The van der Waals surface area contributed by atoms with Gasteiger partial charge in [0.15, 0.2) is 0 Å². The van der Waals surface area contributed by atoms with Gasteiger partial charge in [-0.25, -0.2) is 0 Å². The average Bonchev–Trinajstić information content (AvgIpc) is 2.98. The fraction of sp³-hybridized carbons (Fsp3) is 0.441. The molecule has 1 amide bonds. The van der Waals surface area contributed by atoms with E-state index in [4.69, 9.17) is 25.8 Å². The first-order valence-electron chi connectivity index (χ1n) is 14.8. The number of halogens is 1. The monoisotopic (exact) mass is 637 g/mol. The third kappa shape index (κ3) is 7.60. The van der Waals surface area contributed by atoms with E-state index < -0.39 is 10.1 Å². The summed E-state index contributed by atoms with van der Waals surface area (Å²) in [6.07, 6.45) is 5.51. The number of aryl methyl sites for hydroxylation is 2. The van der Waals surface area contributed by atoms with Crippen molar-refractivity contribution in [2.24, 2.45) is 10.8 Å². The van der Waals surface area contributed by atoms with Gasteiger partial charge in [0, 0.05) is 34.8 Å². The molecular formula is C34H40ClN3O5S. The lowest BCUT2D eigenvalue weighted by Gasteiger charge is -2.63. The number of unbranched alkanes of at least 4 members (excludes halogenated alkanes) is 3. The van der Waals surface area contributed by atoms with Gasteiger partial charge >= 0.3 is 0 Å². The third-order valence-electron chi connectivity index (χ3n) is 8.39. The van der Waals surface area contributed by atoms with Crippen molar-refractivity contribution in [3.05, 3.63) is 88.2 Å². The molecule has 1 saturated carbocycles. The van der Waals surface area contributed by atoms with E-state index in [9.17, 15) is 13.2 Å². The molecule has 0 unspecified atom stereocenters. The van der Waals surface area contributed by atoms with Crippen molar-refractivity contribution >= 4 is 27.6 Å². The summed E-state index contributed by atoms with van der Waals surface area (Å²) in [5.74, 6) is 0.403. The van der Waals surface area contributed by atoms with Gasteiger partial charge in [-0.3, -0.25) is 14.0 Å². The lowest BCUT2D eigenvalue weighted by atomic mass is 9.49. The van der Waals surface area contributed by atoms with Gasteiger partial charge in [-0.05, 0) is 62.6 Å². The van der Waals surface area contributed by atoms with Crippen LogP contribution in [0.1, 0.15) is 80.6 Å². The Balaban J connectivity index is 1.20. The predicted octanol–water partition coefficient (Wildman–Crippen LogP) is 7.04. The van der Waals surface area contributed by atoms with Crippen molar-refractivity contribution < 1.29 is 22.1 Å². The molecule has 1 fully saturated rings. The molecule has 3 aromatic rings. The average molecular weight is 638 g/mol. The second-order valence-corrected chi connectivity index (χ2v) is 14.6.